The van der Waals surface area contributed by atoms with Crippen LogP contribution in [0.15, 0.2) is 30.5 Å². The fourth-order valence-electron chi connectivity index (χ4n) is 9.26. The first-order chi connectivity index (χ1) is 29.2. The predicted octanol–water partition coefficient (Wildman–Crippen LogP) is 3.86. The lowest BCUT2D eigenvalue weighted by Crippen LogP contribution is -2.60. The summed E-state index contributed by atoms with van der Waals surface area (Å²) >= 11 is 0. The van der Waals surface area contributed by atoms with Gasteiger partial charge in [-0.15, -0.1) is 5.10 Å². The Bertz CT molecular complexity index is 1740. The molecule has 0 radical (unpaired) electrons. The van der Waals surface area contributed by atoms with Gasteiger partial charge in [-0.3, -0.25) is 24.0 Å². The maximum Gasteiger partial charge on any atom is 0.311 e. The number of methoxy groups -OCH3 is 1. The maximum atomic E-state index is 13.9. The highest BCUT2D eigenvalue weighted by atomic mass is 16.7. The fourth-order valence-corrected chi connectivity index (χ4v) is 9.26. The van der Waals surface area contributed by atoms with Crippen molar-refractivity contribution in [3.63, 3.8) is 0 Å². The highest BCUT2D eigenvalue weighted by Crippen LogP contribution is 2.39. The minimum atomic E-state index is -1.95. The fraction of sp³-hybridized carbons (Fsp3) is 0.761. The standard InChI is InChI=1S/C46H74N4O12/c1-11-37-46(8,58)41(56)29(4)38(53)27(2)23-45(7,59-10)42(30(5)39(54)31(6)43(57)61-37)62-44-40(55)36(22-28(3)60-44)49(9)24-32-17-19-33(20-18-32)35-25-50(48-47-35)21-15-13-12-14-16-34(52)26-51/h17-20,25,27-31,36-37,39-42,44,51,54-56,58H,11-16,21-24,26H2,1-10H3/t27-,28-,29+,30+,31-,36+,37-,39+,40-,41-,42-,44+,45-,46-/m1/s1. The van der Waals surface area contributed by atoms with E-state index >= 15 is 0 Å². The number of unbranched alkanes of at least 4 members (excludes halogenated alkanes) is 3. The van der Waals surface area contributed by atoms with E-state index < -0.39 is 90.3 Å². The number of nitrogens with zero attached hydrogens (tertiary/aromatic N) is 4. The van der Waals surface area contributed by atoms with Crippen molar-refractivity contribution in [3.8, 4) is 11.3 Å². The summed E-state index contributed by atoms with van der Waals surface area (Å²) in [6, 6.07) is 7.61. The molecule has 0 bridgehead atoms. The Balaban J connectivity index is 1.50. The van der Waals surface area contributed by atoms with E-state index in [9.17, 15) is 34.8 Å². The van der Waals surface area contributed by atoms with Gasteiger partial charge in [0.05, 0.1) is 42.1 Å². The lowest BCUT2D eigenvalue weighted by atomic mass is 9.74. The minimum absolute atomic E-state index is 0.0874. The van der Waals surface area contributed by atoms with Crippen LogP contribution in [0.2, 0.25) is 0 Å². The molecule has 16 nitrogen and oxygen atoms in total. The van der Waals surface area contributed by atoms with Gasteiger partial charge >= 0.3 is 5.97 Å². The second-order valence-corrected chi connectivity index (χ2v) is 18.5. The SMILES string of the molecule is CC[C@H]1OC(=O)[C@H](C)[C@@H](O)[C@H](C)[C@@H](O[C@@H]2O[C@H](C)C[C@H](N(C)Cc3ccc(-c4cn(CCCCCCC(=O)CO)nn4)cc3)[C@H]2O)[C@](C)(OC)C[C@@H](C)C(=O)[C@H](C)[C@@H](O)[C@]1(C)O. The molecule has 2 saturated heterocycles. The Kier molecular flexibility index (Phi) is 18.8. The van der Waals surface area contributed by atoms with Crippen LogP contribution in [-0.4, -0.2) is 144 Å². The van der Waals surface area contributed by atoms with Crippen LogP contribution in [0, 0.1) is 23.7 Å². The molecule has 2 aliphatic rings. The molecule has 1 aromatic heterocycles. The Morgan fingerprint density at radius 2 is 1.65 bits per heavy atom. The summed E-state index contributed by atoms with van der Waals surface area (Å²) in [4.78, 5) is 40.8. The number of esters is 1. The first-order valence-corrected chi connectivity index (χ1v) is 22.4. The third-order valence-corrected chi connectivity index (χ3v) is 13.4. The van der Waals surface area contributed by atoms with Crippen LogP contribution >= 0.6 is 0 Å². The molecule has 62 heavy (non-hydrogen) atoms. The summed E-state index contributed by atoms with van der Waals surface area (Å²) in [6.45, 7) is 14.0. The average molecular weight is 875 g/mol. The molecule has 4 rings (SSSR count). The molecule has 350 valence electrons. The van der Waals surface area contributed by atoms with E-state index in [1.807, 2.05) is 49.1 Å². The summed E-state index contributed by atoms with van der Waals surface area (Å²) in [6.07, 6.45) is -1.12. The Labute approximate surface area is 367 Å². The zero-order valence-corrected chi connectivity index (χ0v) is 38.5. The van der Waals surface area contributed by atoms with Crippen LogP contribution < -0.4 is 0 Å². The van der Waals surface area contributed by atoms with E-state index in [-0.39, 0.29) is 30.5 Å². The second kappa shape index (κ2) is 22.6. The molecule has 0 amide bonds. The molecule has 5 N–H and O–H groups in total. The number of Topliss-reactive ketones (excluding diaryl/α,β-unsaturated/α-hetero) is 2. The van der Waals surface area contributed by atoms with Crippen molar-refractivity contribution in [1.82, 2.24) is 19.9 Å². The third kappa shape index (κ3) is 12.5. The summed E-state index contributed by atoms with van der Waals surface area (Å²) in [5.41, 5.74) is -0.550. The number of aryl methyl sites for hydroxylation is 1. The predicted molar refractivity (Wildman–Crippen MR) is 230 cm³/mol. The largest absolute Gasteiger partial charge is 0.459 e. The van der Waals surface area contributed by atoms with E-state index in [1.54, 1.807) is 27.7 Å². The zero-order chi connectivity index (χ0) is 46.1. The number of hydrogen-bond donors (Lipinski definition) is 5. The number of ether oxygens (including phenoxy) is 4. The molecule has 0 spiro atoms. The van der Waals surface area contributed by atoms with E-state index in [1.165, 1.54) is 27.9 Å². The first kappa shape index (κ1) is 51.4. The highest BCUT2D eigenvalue weighted by molar-refractivity contribution is 5.83. The van der Waals surface area contributed by atoms with E-state index in [2.05, 4.69) is 15.2 Å². The summed E-state index contributed by atoms with van der Waals surface area (Å²) < 4.78 is 26.7. The van der Waals surface area contributed by atoms with Crippen molar-refractivity contribution in [2.45, 2.75) is 180 Å². The topological polar surface area (TPSA) is 223 Å². The number of rotatable bonds is 16. The van der Waals surface area contributed by atoms with Crippen molar-refractivity contribution in [1.29, 1.82) is 0 Å². The molecular weight excluding hydrogens is 801 g/mol. The third-order valence-electron chi connectivity index (χ3n) is 13.4. The van der Waals surface area contributed by atoms with Gasteiger partial charge in [0.15, 0.2) is 12.1 Å². The molecule has 2 aliphatic heterocycles. The quantitative estimate of drug-likeness (QED) is 0.119. The van der Waals surface area contributed by atoms with Crippen LogP contribution in [0.4, 0.5) is 0 Å². The van der Waals surface area contributed by atoms with Gasteiger partial charge in [0.2, 0.25) is 0 Å². The molecule has 16 heteroatoms. The number of cyclic esters (lactones) is 1. The number of ketones is 2. The van der Waals surface area contributed by atoms with Gasteiger partial charge in [-0.2, -0.15) is 0 Å². The van der Waals surface area contributed by atoms with Crippen LogP contribution in [0.5, 0.6) is 0 Å². The minimum Gasteiger partial charge on any atom is -0.459 e. The molecule has 3 heterocycles. The van der Waals surface area contributed by atoms with Crippen molar-refractivity contribution in [2.75, 3.05) is 20.8 Å². The molecular formula is C46H74N4O12. The van der Waals surface area contributed by atoms with E-state index in [4.69, 9.17) is 24.1 Å². The Morgan fingerprint density at radius 1 is 0.984 bits per heavy atom. The highest BCUT2D eigenvalue weighted by Gasteiger charge is 2.52. The second-order valence-electron chi connectivity index (χ2n) is 18.5. The molecule has 14 atom stereocenters. The van der Waals surface area contributed by atoms with E-state index in [0.29, 0.717) is 25.9 Å². The number of hydrogen-bond acceptors (Lipinski definition) is 15. The molecule has 2 aromatic rings. The molecule has 1 aromatic carbocycles. The number of benzene rings is 1. The van der Waals surface area contributed by atoms with Gasteiger partial charge in [-0.25, -0.2) is 0 Å². The van der Waals surface area contributed by atoms with Gasteiger partial charge in [0.1, 0.15) is 35.9 Å². The van der Waals surface area contributed by atoms with Crippen LogP contribution in [-0.2, 0) is 46.4 Å². The molecule has 0 aliphatic carbocycles. The van der Waals surface area contributed by atoms with Gasteiger partial charge < -0.3 is 44.5 Å². The van der Waals surface area contributed by atoms with Crippen LogP contribution in [0.3, 0.4) is 0 Å². The number of aliphatic hydroxyl groups excluding tert-OH is 4. The van der Waals surface area contributed by atoms with Crippen LogP contribution in [0.25, 0.3) is 11.3 Å². The average Bonchev–Trinajstić information content (AvgIpc) is 3.73. The summed E-state index contributed by atoms with van der Waals surface area (Å²) in [7, 11) is 3.40. The normalized spacial score (nSPS) is 35.4. The molecule has 0 saturated carbocycles. The van der Waals surface area contributed by atoms with Crippen molar-refractivity contribution in [2.24, 2.45) is 23.7 Å². The Hall–Kier alpha value is -3.19. The zero-order valence-electron chi connectivity index (χ0n) is 38.5. The number of carbonyl (C=O) groups excluding carboxylic acids is 3. The van der Waals surface area contributed by atoms with E-state index in [0.717, 1.165) is 42.5 Å². The summed E-state index contributed by atoms with van der Waals surface area (Å²) in [5, 5.41) is 64.0. The number of likely N-dealkylation sites (N-methyl/N-ethyl adjacent to an activating group) is 1. The molecule has 2 fully saturated rings. The Morgan fingerprint density at radius 3 is 2.27 bits per heavy atom. The van der Waals surface area contributed by atoms with Crippen LogP contribution in [0.1, 0.15) is 112 Å². The van der Waals surface area contributed by atoms with Gasteiger partial charge in [0.25, 0.3) is 0 Å². The number of aromatic nitrogens is 3. The number of aliphatic hydroxyl groups is 5. The summed E-state index contributed by atoms with van der Waals surface area (Å²) in [5.74, 6) is -4.89. The van der Waals surface area contributed by atoms with Crippen molar-refractivity contribution < 1.29 is 58.9 Å². The number of carbonyl (C=O) groups is 3. The van der Waals surface area contributed by atoms with Gasteiger partial charge in [0, 0.05) is 56.0 Å². The molecule has 0 unspecified atom stereocenters. The van der Waals surface area contributed by atoms with Crippen molar-refractivity contribution >= 4 is 17.5 Å². The van der Waals surface area contributed by atoms with Gasteiger partial charge in [-0.1, -0.05) is 70.0 Å². The monoisotopic (exact) mass is 875 g/mol. The smallest absolute Gasteiger partial charge is 0.311 e. The maximum absolute atomic E-state index is 13.9. The van der Waals surface area contributed by atoms with Crippen molar-refractivity contribution in [3.05, 3.63) is 36.0 Å². The lowest BCUT2D eigenvalue weighted by molar-refractivity contribution is -0.302. The van der Waals surface area contributed by atoms with Gasteiger partial charge in [-0.05, 0) is 72.4 Å². The lowest BCUT2D eigenvalue weighted by Gasteiger charge is -2.48. The first-order valence-electron chi connectivity index (χ1n) is 22.4.